The number of hydrogen-bond donors (Lipinski definition) is 0. The number of aryl methyl sites for hydroxylation is 1. The number of hydrogen-bond acceptors (Lipinski definition) is 0. The topological polar surface area (TPSA) is 0 Å². The molecule has 3 aromatic carbocycles. The number of rotatable bonds is 6. The summed E-state index contributed by atoms with van der Waals surface area (Å²) in [5.41, 5.74) is -0.0174. The molecule has 0 aliphatic heterocycles. The van der Waals surface area contributed by atoms with E-state index < -0.39 is 23.4 Å². The van der Waals surface area contributed by atoms with Crippen LogP contribution in [0.25, 0.3) is 21.9 Å². The Kier molecular flexibility index (Phi) is 7.06. The summed E-state index contributed by atoms with van der Waals surface area (Å²) < 4.78 is 67.6. The maximum atomic E-state index is 15.2. The molecule has 1 aliphatic carbocycles. The van der Waals surface area contributed by atoms with E-state index in [9.17, 15) is 17.6 Å². The van der Waals surface area contributed by atoms with E-state index in [4.69, 9.17) is 0 Å². The lowest BCUT2D eigenvalue weighted by Crippen LogP contribution is -2.15. The van der Waals surface area contributed by atoms with Crippen molar-refractivity contribution in [3.05, 3.63) is 71.3 Å². The molecule has 4 rings (SSSR count). The van der Waals surface area contributed by atoms with Gasteiger partial charge in [-0.25, -0.2) is 8.78 Å². The third-order valence-corrected chi connectivity index (χ3v) is 7.11. The Morgan fingerprint density at radius 2 is 1.52 bits per heavy atom. The van der Waals surface area contributed by atoms with E-state index >= 15 is 4.39 Å². The molecule has 0 amide bonds. The molecule has 1 aliphatic rings. The summed E-state index contributed by atoms with van der Waals surface area (Å²) in [5, 5.41) is 1.13. The molecule has 0 heterocycles. The second kappa shape index (κ2) is 9.82. The molecule has 0 aromatic heterocycles. The van der Waals surface area contributed by atoms with Crippen molar-refractivity contribution in [3.8, 4) is 11.1 Å². The van der Waals surface area contributed by atoms with Crippen LogP contribution in [0.2, 0.25) is 0 Å². The van der Waals surface area contributed by atoms with Crippen LogP contribution in [0.5, 0.6) is 0 Å². The van der Waals surface area contributed by atoms with Gasteiger partial charge in [-0.05, 0) is 53.3 Å². The zero-order chi connectivity index (χ0) is 23.6. The summed E-state index contributed by atoms with van der Waals surface area (Å²) in [6.07, 6.45) is 5.14. The fourth-order valence-corrected chi connectivity index (χ4v) is 5.22. The van der Waals surface area contributed by atoms with Gasteiger partial charge in [-0.2, -0.15) is 13.2 Å². The summed E-state index contributed by atoms with van der Waals surface area (Å²) >= 11 is 0. The first-order valence-electron chi connectivity index (χ1n) is 11.8. The zero-order valence-corrected chi connectivity index (χ0v) is 18.8. The lowest BCUT2D eigenvalue weighted by Gasteiger charge is -2.28. The van der Waals surface area contributed by atoms with Crippen molar-refractivity contribution >= 4 is 10.8 Å². The largest absolute Gasteiger partial charge is 0.419 e. The normalized spacial score (nSPS) is 19.2. The minimum absolute atomic E-state index is 0.0858. The molecule has 0 atom stereocenters. The molecule has 176 valence electrons. The quantitative estimate of drug-likeness (QED) is 0.322. The Morgan fingerprint density at radius 3 is 2.15 bits per heavy atom. The lowest BCUT2D eigenvalue weighted by molar-refractivity contribution is -0.139. The van der Waals surface area contributed by atoms with Gasteiger partial charge in [0.05, 0.1) is 5.56 Å². The van der Waals surface area contributed by atoms with Crippen LogP contribution in [0, 0.1) is 23.5 Å². The summed E-state index contributed by atoms with van der Waals surface area (Å²) in [7, 11) is 0. The molecule has 5 heteroatoms. The van der Waals surface area contributed by atoms with E-state index in [0.29, 0.717) is 11.5 Å². The highest BCUT2D eigenvalue weighted by Gasteiger charge is 2.34. The van der Waals surface area contributed by atoms with Crippen LogP contribution < -0.4 is 0 Å². The van der Waals surface area contributed by atoms with E-state index in [-0.39, 0.29) is 11.1 Å². The number of benzene rings is 3. The minimum atomic E-state index is -4.78. The SMILES string of the molecule is CCC[C@H]1CC[C@H](CCc2ccc3c(F)c(-c4ccc(C(F)(F)F)c(F)c4)ccc3c2)CC1. The second-order valence-corrected chi connectivity index (χ2v) is 9.39. The predicted octanol–water partition coefficient (Wildman–Crippen LogP) is 9.34. The molecule has 0 N–H and O–H groups in total. The van der Waals surface area contributed by atoms with Gasteiger partial charge in [0.1, 0.15) is 11.6 Å². The van der Waals surface area contributed by atoms with Crippen molar-refractivity contribution in [2.24, 2.45) is 11.8 Å². The van der Waals surface area contributed by atoms with Crippen LogP contribution in [0.3, 0.4) is 0 Å². The maximum Gasteiger partial charge on any atom is 0.419 e. The summed E-state index contributed by atoms with van der Waals surface area (Å²) in [4.78, 5) is 0. The molecular weight excluding hydrogens is 431 g/mol. The highest BCUT2D eigenvalue weighted by molar-refractivity contribution is 5.88. The number of alkyl halides is 3. The average Bonchev–Trinajstić information content (AvgIpc) is 2.78. The molecule has 0 unspecified atom stereocenters. The van der Waals surface area contributed by atoms with E-state index in [1.807, 2.05) is 12.1 Å². The molecule has 0 radical (unpaired) electrons. The van der Waals surface area contributed by atoms with E-state index in [2.05, 4.69) is 6.92 Å². The Balaban J connectivity index is 1.48. The van der Waals surface area contributed by atoms with E-state index in [0.717, 1.165) is 47.8 Å². The first-order valence-corrected chi connectivity index (χ1v) is 11.8. The number of halogens is 5. The monoisotopic (exact) mass is 460 g/mol. The second-order valence-electron chi connectivity index (χ2n) is 9.39. The van der Waals surface area contributed by atoms with Gasteiger partial charge in [-0.3, -0.25) is 0 Å². The van der Waals surface area contributed by atoms with Crippen LogP contribution in [-0.4, -0.2) is 0 Å². The van der Waals surface area contributed by atoms with Crippen LogP contribution in [0.15, 0.2) is 48.5 Å². The Labute approximate surface area is 191 Å². The molecule has 0 nitrogen and oxygen atoms in total. The number of fused-ring (bicyclic) bond motifs is 1. The average molecular weight is 461 g/mol. The van der Waals surface area contributed by atoms with Gasteiger partial charge in [0, 0.05) is 10.9 Å². The third kappa shape index (κ3) is 5.39. The van der Waals surface area contributed by atoms with Gasteiger partial charge in [0.15, 0.2) is 0 Å². The highest BCUT2D eigenvalue weighted by atomic mass is 19.4. The van der Waals surface area contributed by atoms with Gasteiger partial charge in [-0.1, -0.05) is 81.8 Å². The smallest absolute Gasteiger partial charge is 0.206 e. The summed E-state index contributed by atoms with van der Waals surface area (Å²) in [5.74, 6) is -0.310. The molecule has 1 fully saturated rings. The molecule has 3 aromatic rings. The van der Waals surface area contributed by atoms with Crippen LogP contribution in [0.1, 0.15) is 63.0 Å². The fraction of sp³-hybridized carbons (Fsp3) is 0.429. The Morgan fingerprint density at radius 1 is 0.818 bits per heavy atom. The molecule has 1 saturated carbocycles. The lowest BCUT2D eigenvalue weighted by atomic mass is 9.78. The minimum Gasteiger partial charge on any atom is -0.206 e. The van der Waals surface area contributed by atoms with E-state index in [1.54, 1.807) is 12.1 Å². The molecular formula is C28H29F5. The van der Waals surface area contributed by atoms with Crippen LogP contribution in [-0.2, 0) is 12.6 Å². The Bertz CT molecular complexity index is 1110. The van der Waals surface area contributed by atoms with Crippen LogP contribution in [0.4, 0.5) is 22.0 Å². The van der Waals surface area contributed by atoms with Gasteiger partial charge in [-0.15, -0.1) is 0 Å². The summed E-state index contributed by atoms with van der Waals surface area (Å²) in [6.45, 7) is 2.25. The zero-order valence-electron chi connectivity index (χ0n) is 18.8. The van der Waals surface area contributed by atoms with Gasteiger partial charge < -0.3 is 0 Å². The molecule has 33 heavy (non-hydrogen) atoms. The fourth-order valence-electron chi connectivity index (χ4n) is 5.22. The van der Waals surface area contributed by atoms with Crippen molar-refractivity contribution < 1.29 is 22.0 Å². The van der Waals surface area contributed by atoms with Gasteiger partial charge in [0.25, 0.3) is 0 Å². The maximum absolute atomic E-state index is 15.2. The third-order valence-electron chi connectivity index (χ3n) is 7.11. The van der Waals surface area contributed by atoms with Crippen molar-refractivity contribution in [1.29, 1.82) is 0 Å². The molecule has 0 bridgehead atoms. The highest BCUT2D eigenvalue weighted by Crippen LogP contribution is 2.36. The first kappa shape index (κ1) is 23.7. The standard InChI is InChI=1S/C28H29F5/c1-2-3-18-4-6-19(7-5-18)8-9-20-10-13-23-21(16-20)11-14-24(27(23)30)22-12-15-25(26(29)17-22)28(31,32)33/h10-19H,2-9H2,1H3/t18-,19-. The summed E-state index contributed by atoms with van der Waals surface area (Å²) in [6, 6.07) is 11.4. The van der Waals surface area contributed by atoms with Crippen LogP contribution >= 0.6 is 0 Å². The Hall–Kier alpha value is -2.43. The van der Waals surface area contributed by atoms with Crippen molar-refractivity contribution in [2.75, 3.05) is 0 Å². The molecule has 0 saturated heterocycles. The van der Waals surface area contributed by atoms with Gasteiger partial charge >= 0.3 is 6.18 Å². The van der Waals surface area contributed by atoms with E-state index in [1.165, 1.54) is 44.6 Å². The van der Waals surface area contributed by atoms with Crippen molar-refractivity contribution in [1.82, 2.24) is 0 Å². The van der Waals surface area contributed by atoms with Crippen molar-refractivity contribution in [3.63, 3.8) is 0 Å². The van der Waals surface area contributed by atoms with Crippen molar-refractivity contribution in [2.45, 2.75) is 64.5 Å². The first-order chi connectivity index (χ1) is 15.8. The molecule has 0 spiro atoms. The van der Waals surface area contributed by atoms with Gasteiger partial charge in [0.2, 0.25) is 0 Å². The predicted molar refractivity (Wildman–Crippen MR) is 123 cm³/mol.